The third-order valence-electron chi connectivity index (χ3n) is 1.89. The molecule has 0 radical (unpaired) electrons. The lowest BCUT2D eigenvalue weighted by Gasteiger charge is -2.05. The van der Waals surface area contributed by atoms with E-state index in [2.05, 4.69) is 0 Å². The Kier molecular flexibility index (Phi) is 4.32. The second-order valence-electron chi connectivity index (χ2n) is 3.24. The Morgan fingerprint density at radius 1 is 1.31 bits per heavy atom. The summed E-state index contributed by atoms with van der Waals surface area (Å²) in [6.07, 6.45) is 0.683. The van der Waals surface area contributed by atoms with Gasteiger partial charge < -0.3 is 0 Å². The topological polar surface area (TPSA) is 63.2 Å². The van der Waals surface area contributed by atoms with Gasteiger partial charge in [-0.25, -0.2) is 13.1 Å². The number of alkyl halides is 1. The Hall–Kier alpha value is -1.07. The molecule has 0 saturated heterocycles. The van der Waals surface area contributed by atoms with E-state index < -0.39 is 15.9 Å². The van der Waals surface area contributed by atoms with Gasteiger partial charge in [-0.1, -0.05) is 12.1 Å². The molecule has 0 aliphatic carbocycles. The van der Waals surface area contributed by atoms with Crippen LogP contribution >= 0.6 is 11.6 Å². The highest BCUT2D eigenvalue weighted by atomic mass is 35.5. The van der Waals surface area contributed by atoms with Crippen LogP contribution in [0.15, 0.2) is 29.2 Å². The molecule has 88 valence electrons. The fraction of sp³-hybridized carbons (Fsp3) is 0.300. The molecule has 0 aliphatic heterocycles. The molecular weight excluding hydrogens is 250 g/mol. The zero-order valence-corrected chi connectivity index (χ0v) is 10.3. The molecule has 1 aromatic carbocycles. The number of sulfonamides is 1. The van der Waals surface area contributed by atoms with E-state index in [1.54, 1.807) is 12.1 Å². The molecule has 0 heterocycles. The number of rotatable bonds is 4. The van der Waals surface area contributed by atoms with Crippen molar-refractivity contribution in [1.29, 1.82) is 0 Å². The Balaban J connectivity index is 2.93. The summed E-state index contributed by atoms with van der Waals surface area (Å²) in [6, 6.07) is 6.26. The van der Waals surface area contributed by atoms with Crippen molar-refractivity contribution in [3.05, 3.63) is 29.8 Å². The molecule has 0 aliphatic rings. The Morgan fingerprint density at radius 2 is 1.88 bits per heavy atom. The quantitative estimate of drug-likeness (QED) is 0.831. The molecule has 6 heteroatoms. The lowest BCUT2D eigenvalue weighted by atomic mass is 10.2. The van der Waals surface area contributed by atoms with Gasteiger partial charge in [-0.2, -0.15) is 0 Å². The number of nitrogens with one attached hydrogen (secondary N) is 1. The Morgan fingerprint density at radius 3 is 2.31 bits per heavy atom. The van der Waals surface area contributed by atoms with Crippen LogP contribution in [0.4, 0.5) is 0 Å². The Bertz CT molecular complexity index is 467. The van der Waals surface area contributed by atoms with E-state index in [9.17, 15) is 13.2 Å². The van der Waals surface area contributed by atoms with Crippen molar-refractivity contribution in [3.8, 4) is 0 Å². The summed E-state index contributed by atoms with van der Waals surface area (Å²) in [7, 11) is -3.72. The minimum atomic E-state index is -3.72. The molecule has 0 fully saturated rings. The monoisotopic (exact) mass is 261 g/mol. The van der Waals surface area contributed by atoms with Crippen LogP contribution in [-0.2, 0) is 21.2 Å². The van der Waals surface area contributed by atoms with Gasteiger partial charge in [0.1, 0.15) is 0 Å². The van der Waals surface area contributed by atoms with Crippen LogP contribution in [-0.4, -0.2) is 20.2 Å². The highest BCUT2D eigenvalue weighted by Gasteiger charge is 2.14. The fourth-order valence-corrected chi connectivity index (χ4v) is 2.40. The molecule has 4 nitrogen and oxygen atoms in total. The van der Waals surface area contributed by atoms with Gasteiger partial charge in [-0.3, -0.25) is 4.79 Å². The van der Waals surface area contributed by atoms with Crippen molar-refractivity contribution < 1.29 is 13.2 Å². The second-order valence-corrected chi connectivity index (χ2v) is 5.30. The summed E-state index contributed by atoms with van der Waals surface area (Å²) in [5.74, 6) is -0.123. The highest BCUT2D eigenvalue weighted by molar-refractivity contribution is 7.90. The van der Waals surface area contributed by atoms with Crippen LogP contribution in [0.1, 0.15) is 12.5 Å². The maximum atomic E-state index is 11.6. The van der Waals surface area contributed by atoms with Gasteiger partial charge in [0.15, 0.2) is 0 Å². The number of amides is 1. The second kappa shape index (κ2) is 5.32. The minimum Gasteiger partial charge on any atom is -0.274 e. The van der Waals surface area contributed by atoms with Crippen LogP contribution in [0, 0.1) is 0 Å². The zero-order chi connectivity index (χ0) is 12.2. The normalized spacial score (nSPS) is 11.1. The first-order valence-corrected chi connectivity index (χ1v) is 6.66. The number of carbonyl (C=O) groups excluding carboxylic acids is 1. The van der Waals surface area contributed by atoms with Gasteiger partial charge >= 0.3 is 0 Å². The van der Waals surface area contributed by atoms with Gasteiger partial charge in [0, 0.05) is 12.8 Å². The van der Waals surface area contributed by atoms with Gasteiger partial charge in [0.05, 0.1) is 4.90 Å². The van der Waals surface area contributed by atoms with Gasteiger partial charge in [-0.15, -0.1) is 11.6 Å². The molecule has 1 amide bonds. The summed E-state index contributed by atoms with van der Waals surface area (Å²) in [4.78, 5) is 10.8. The number of carbonyl (C=O) groups is 1. The predicted molar refractivity (Wildman–Crippen MR) is 61.9 cm³/mol. The van der Waals surface area contributed by atoms with Crippen molar-refractivity contribution in [2.75, 3.05) is 5.88 Å². The van der Waals surface area contributed by atoms with E-state index in [-0.39, 0.29) is 4.90 Å². The summed E-state index contributed by atoms with van der Waals surface area (Å²) in [5, 5.41) is 0. The number of benzene rings is 1. The molecule has 0 aromatic heterocycles. The average molecular weight is 262 g/mol. The molecule has 0 unspecified atom stereocenters. The molecule has 0 saturated carbocycles. The molecule has 1 aromatic rings. The van der Waals surface area contributed by atoms with Gasteiger partial charge in [0.2, 0.25) is 5.91 Å². The number of hydrogen-bond donors (Lipinski definition) is 1. The molecule has 0 atom stereocenters. The van der Waals surface area contributed by atoms with Crippen LogP contribution in [0.2, 0.25) is 0 Å². The van der Waals surface area contributed by atoms with Crippen LogP contribution in [0.25, 0.3) is 0 Å². The molecule has 1 N–H and O–H groups in total. The molecule has 0 spiro atoms. The standard InChI is InChI=1S/C10H12ClNO3S/c1-8(13)12-16(14,15)10-4-2-9(3-5-10)6-7-11/h2-5H,6-7H2,1H3,(H,12,13). The summed E-state index contributed by atoms with van der Waals surface area (Å²) < 4.78 is 25.0. The smallest absolute Gasteiger partial charge is 0.264 e. The van der Waals surface area contributed by atoms with E-state index in [0.717, 1.165) is 12.5 Å². The first-order valence-electron chi connectivity index (χ1n) is 4.64. The van der Waals surface area contributed by atoms with E-state index in [4.69, 9.17) is 11.6 Å². The average Bonchev–Trinajstić information content (AvgIpc) is 2.17. The van der Waals surface area contributed by atoms with Gasteiger partial charge in [0.25, 0.3) is 10.0 Å². The first kappa shape index (κ1) is 13.0. The zero-order valence-electron chi connectivity index (χ0n) is 8.73. The minimum absolute atomic E-state index is 0.0704. The number of hydrogen-bond acceptors (Lipinski definition) is 3. The summed E-state index contributed by atoms with van der Waals surface area (Å²) >= 11 is 5.56. The maximum absolute atomic E-state index is 11.6. The van der Waals surface area contributed by atoms with E-state index in [1.807, 2.05) is 4.72 Å². The van der Waals surface area contributed by atoms with Crippen molar-refractivity contribution in [1.82, 2.24) is 4.72 Å². The first-order chi connectivity index (χ1) is 7.45. The molecular formula is C10H12ClNO3S. The van der Waals surface area contributed by atoms with Crippen molar-refractivity contribution in [2.45, 2.75) is 18.2 Å². The lowest BCUT2D eigenvalue weighted by molar-refractivity contribution is -0.117. The van der Waals surface area contributed by atoms with Crippen molar-refractivity contribution in [2.24, 2.45) is 0 Å². The van der Waals surface area contributed by atoms with Crippen LogP contribution in [0.5, 0.6) is 0 Å². The highest BCUT2D eigenvalue weighted by Crippen LogP contribution is 2.11. The fourth-order valence-electron chi connectivity index (χ4n) is 1.19. The van der Waals surface area contributed by atoms with E-state index >= 15 is 0 Å². The van der Waals surface area contributed by atoms with Crippen LogP contribution in [0.3, 0.4) is 0 Å². The maximum Gasteiger partial charge on any atom is 0.264 e. The van der Waals surface area contributed by atoms with E-state index in [0.29, 0.717) is 12.3 Å². The molecule has 1 rings (SSSR count). The third-order valence-corrected chi connectivity index (χ3v) is 3.53. The predicted octanol–water partition coefficient (Wildman–Crippen LogP) is 1.29. The molecule has 16 heavy (non-hydrogen) atoms. The summed E-state index contributed by atoms with van der Waals surface area (Å²) in [5.41, 5.74) is 0.955. The third kappa shape index (κ3) is 3.50. The van der Waals surface area contributed by atoms with Crippen LogP contribution < -0.4 is 4.72 Å². The lowest BCUT2D eigenvalue weighted by Crippen LogP contribution is -2.28. The van der Waals surface area contributed by atoms with Gasteiger partial charge in [-0.05, 0) is 24.1 Å². The summed E-state index contributed by atoms with van der Waals surface area (Å²) in [6.45, 7) is 1.15. The number of aryl methyl sites for hydroxylation is 1. The molecule has 0 bridgehead atoms. The Labute approximate surface area is 99.7 Å². The number of halogens is 1. The SMILES string of the molecule is CC(=O)NS(=O)(=O)c1ccc(CCCl)cc1. The van der Waals surface area contributed by atoms with E-state index in [1.165, 1.54) is 12.1 Å². The van der Waals surface area contributed by atoms with Crippen molar-refractivity contribution in [3.63, 3.8) is 0 Å². The largest absolute Gasteiger partial charge is 0.274 e. The van der Waals surface area contributed by atoms with Crippen molar-refractivity contribution >= 4 is 27.5 Å².